The number of hydrogen-bond acceptors (Lipinski definition) is 6. The van der Waals surface area contributed by atoms with E-state index >= 15 is 0 Å². The SMILES string of the molecule is COc1cccc(Cl)c1CCNC(=O)c1ccc(Oc2cc3c(cc2Cl)C(OC(=O)O)CCO3)cc1. The van der Waals surface area contributed by atoms with Gasteiger partial charge in [-0.2, -0.15) is 0 Å². The molecule has 10 heteroatoms. The molecule has 0 spiro atoms. The summed E-state index contributed by atoms with van der Waals surface area (Å²) in [5.74, 6) is 1.67. The summed E-state index contributed by atoms with van der Waals surface area (Å²) in [6.07, 6.45) is -1.11. The predicted octanol–water partition coefficient (Wildman–Crippen LogP) is 6.29. The van der Waals surface area contributed by atoms with Crippen LogP contribution in [0.25, 0.3) is 0 Å². The van der Waals surface area contributed by atoms with Gasteiger partial charge in [-0.1, -0.05) is 29.3 Å². The zero-order chi connectivity index (χ0) is 25.7. The molecule has 36 heavy (non-hydrogen) atoms. The molecule has 1 aliphatic heterocycles. The molecule has 0 aromatic heterocycles. The monoisotopic (exact) mass is 531 g/mol. The van der Waals surface area contributed by atoms with E-state index in [1.54, 1.807) is 49.6 Å². The van der Waals surface area contributed by atoms with Crippen molar-refractivity contribution in [3.05, 3.63) is 81.3 Å². The fraction of sp³-hybridized carbons (Fsp3) is 0.231. The van der Waals surface area contributed by atoms with Crippen molar-refractivity contribution in [2.24, 2.45) is 0 Å². The molecule has 3 aromatic rings. The third-order valence-electron chi connectivity index (χ3n) is 5.59. The molecule has 2 N–H and O–H groups in total. The molecule has 1 aliphatic rings. The molecule has 3 aromatic carbocycles. The Bertz CT molecular complexity index is 1260. The number of hydrogen-bond donors (Lipinski definition) is 2. The smallest absolute Gasteiger partial charge is 0.496 e. The Balaban J connectivity index is 1.38. The normalized spacial score (nSPS) is 14.2. The van der Waals surface area contributed by atoms with Crippen molar-refractivity contribution in [3.8, 4) is 23.0 Å². The molecule has 0 fully saturated rings. The fourth-order valence-corrected chi connectivity index (χ4v) is 4.33. The number of ether oxygens (including phenoxy) is 4. The van der Waals surface area contributed by atoms with Gasteiger partial charge in [0.25, 0.3) is 5.91 Å². The molecule has 0 bridgehead atoms. The van der Waals surface area contributed by atoms with Gasteiger partial charge in [0, 0.05) is 40.7 Å². The molecule has 0 saturated heterocycles. The number of amides is 1. The van der Waals surface area contributed by atoms with Gasteiger partial charge in [0.2, 0.25) is 0 Å². The van der Waals surface area contributed by atoms with E-state index in [2.05, 4.69) is 5.32 Å². The van der Waals surface area contributed by atoms with E-state index in [0.717, 1.165) is 5.56 Å². The van der Waals surface area contributed by atoms with Gasteiger partial charge in [0.15, 0.2) is 0 Å². The topological polar surface area (TPSA) is 103 Å². The first-order chi connectivity index (χ1) is 17.4. The minimum atomic E-state index is -1.36. The van der Waals surface area contributed by atoms with Crippen LogP contribution in [0.15, 0.2) is 54.6 Å². The number of halogens is 2. The molecular weight excluding hydrogens is 509 g/mol. The Labute approximate surface area is 217 Å². The second-order valence-electron chi connectivity index (χ2n) is 7.88. The molecule has 0 radical (unpaired) electrons. The number of benzene rings is 3. The van der Waals surface area contributed by atoms with Crippen molar-refractivity contribution < 1.29 is 33.6 Å². The average Bonchev–Trinajstić information content (AvgIpc) is 2.86. The van der Waals surface area contributed by atoms with Crippen molar-refractivity contribution in [2.45, 2.75) is 18.9 Å². The third-order valence-corrected chi connectivity index (χ3v) is 6.24. The van der Waals surface area contributed by atoms with Crippen LogP contribution in [-0.4, -0.2) is 37.4 Å². The van der Waals surface area contributed by atoms with Crippen LogP contribution < -0.4 is 19.5 Å². The van der Waals surface area contributed by atoms with E-state index in [-0.39, 0.29) is 10.9 Å². The number of nitrogens with one attached hydrogen (secondary N) is 1. The van der Waals surface area contributed by atoms with Crippen LogP contribution in [0.4, 0.5) is 4.79 Å². The number of methoxy groups -OCH3 is 1. The molecule has 0 saturated carbocycles. The third kappa shape index (κ3) is 5.95. The van der Waals surface area contributed by atoms with Gasteiger partial charge in [-0.3, -0.25) is 4.79 Å². The first kappa shape index (κ1) is 25.5. The quantitative estimate of drug-likeness (QED) is 0.329. The van der Waals surface area contributed by atoms with E-state index in [1.165, 1.54) is 0 Å². The summed E-state index contributed by atoms with van der Waals surface area (Å²) in [6.45, 7) is 0.688. The number of carbonyl (C=O) groups is 2. The van der Waals surface area contributed by atoms with Gasteiger partial charge in [0.05, 0.1) is 18.7 Å². The van der Waals surface area contributed by atoms with Crippen LogP contribution in [0, 0.1) is 0 Å². The molecule has 1 amide bonds. The molecule has 188 valence electrons. The largest absolute Gasteiger partial charge is 0.506 e. The lowest BCUT2D eigenvalue weighted by molar-refractivity contribution is 0.0326. The molecular formula is C26H23Cl2NO7. The molecule has 1 heterocycles. The van der Waals surface area contributed by atoms with Gasteiger partial charge >= 0.3 is 6.16 Å². The van der Waals surface area contributed by atoms with E-state index in [0.29, 0.717) is 65.1 Å². The van der Waals surface area contributed by atoms with Crippen molar-refractivity contribution in [3.63, 3.8) is 0 Å². The maximum absolute atomic E-state index is 12.6. The summed E-state index contributed by atoms with van der Waals surface area (Å²) in [5.41, 5.74) is 1.84. The summed E-state index contributed by atoms with van der Waals surface area (Å²) in [5, 5.41) is 12.7. The van der Waals surface area contributed by atoms with E-state index in [4.69, 9.17) is 47.3 Å². The molecule has 1 unspecified atom stereocenters. The standard InChI is InChI=1S/C26H23Cl2NO7/c1-33-21-4-2-3-19(27)17(21)9-11-29-25(30)15-5-7-16(8-6-15)35-24-14-23-18(13-20(24)28)22(10-12-34-23)36-26(31)32/h2-8,13-14,22H,9-12H2,1H3,(H,29,30)(H,31,32). The fourth-order valence-electron chi connectivity index (χ4n) is 3.86. The highest BCUT2D eigenvalue weighted by Crippen LogP contribution is 2.42. The van der Waals surface area contributed by atoms with Gasteiger partial charge in [-0.25, -0.2) is 4.79 Å². The van der Waals surface area contributed by atoms with E-state index in [9.17, 15) is 9.59 Å². The highest BCUT2D eigenvalue weighted by molar-refractivity contribution is 6.32. The summed E-state index contributed by atoms with van der Waals surface area (Å²) in [6, 6.07) is 15.2. The van der Waals surface area contributed by atoms with Gasteiger partial charge in [-0.15, -0.1) is 0 Å². The number of fused-ring (bicyclic) bond motifs is 1. The minimum Gasteiger partial charge on any atom is -0.496 e. The molecule has 8 nitrogen and oxygen atoms in total. The van der Waals surface area contributed by atoms with Crippen molar-refractivity contribution in [2.75, 3.05) is 20.3 Å². The van der Waals surface area contributed by atoms with Gasteiger partial charge in [0.1, 0.15) is 29.1 Å². The average molecular weight is 532 g/mol. The second-order valence-corrected chi connectivity index (χ2v) is 8.70. The number of rotatable bonds is 8. The van der Waals surface area contributed by atoms with Gasteiger partial charge < -0.3 is 29.4 Å². The summed E-state index contributed by atoms with van der Waals surface area (Å²) in [4.78, 5) is 23.5. The van der Waals surface area contributed by atoms with E-state index < -0.39 is 12.3 Å². The lowest BCUT2D eigenvalue weighted by Gasteiger charge is -2.25. The Morgan fingerprint density at radius 2 is 1.86 bits per heavy atom. The number of carbonyl (C=O) groups excluding carboxylic acids is 1. The Morgan fingerprint density at radius 3 is 2.58 bits per heavy atom. The highest BCUT2D eigenvalue weighted by atomic mass is 35.5. The zero-order valence-corrected chi connectivity index (χ0v) is 20.8. The maximum Gasteiger partial charge on any atom is 0.506 e. The van der Waals surface area contributed by atoms with Crippen LogP contribution in [0.3, 0.4) is 0 Å². The summed E-state index contributed by atoms with van der Waals surface area (Å²) in [7, 11) is 1.58. The lowest BCUT2D eigenvalue weighted by Crippen LogP contribution is -2.25. The first-order valence-electron chi connectivity index (χ1n) is 11.1. The summed E-state index contributed by atoms with van der Waals surface area (Å²) < 4.78 is 21.8. The van der Waals surface area contributed by atoms with E-state index in [1.807, 2.05) is 12.1 Å². The van der Waals surface area contributed by atoms with Crippen molar-refractivity contribution >= 4 is 35.3 Å². The predicted molar refractivity (Wildman–Crippen MR) is 134 cm³/mol. The van der Waals surface area contributed by atoms with Crippen LogP contribution >= 0.6 is 23.2 Å². The van der Waals surface area contributed by atoms with Gasteiger partial charge in [-0.05, 0) is 48.9 Å². The first-order valence-corrected chi connectivity index (χ1v) is 11.8. The van der Waals surface area contributed by atoms with Crippen LogP contribution in [0.1, 0.15) is 34.0 Å². The molecule has 4 rings (SSSR count). The highest BCUT2D eigenvalue weighted by Gasteiger charge is 2.27. The van der Waals surface area contributed by atoms with Crippen LogP contribution in [0.2, 0.25) is 10.0 Å². The molecule has 0 aliphatic carbocycles. The second kappa shape index (κ2) is 11.4. The van der Waals surface area contributed by atoms with Crippen molar-refractivity contribution in [1.29, 1.82) is 0 Å². The lowest BCUT2D eigenvalue weighted by atomic mass is 10.0. The Morgan fingerprint density at radius 1 is 1.08 bits per heavy atom. The Kier molecular flexibility index (Phi) is 8.07. The Hall–Kier alpha value is -3.62. The minimum absolute atomic E-state index is 0.239. The zero-order valence-electron chi connectivity index (χ0n) is 19.3. The maximum atomic E-state index is 12.6. The number of carboxylic acid groups (broad SMARTS) is 1. The van der Waals surface area contributed by atoms with Crippen LogP contribution in [-0.2, 0) is 11.2 Å². The van der Waals surface area contributed by atoms with Crippen molar-refractivity contribution in [1.82, 2.24) is 5.32 Å². The van der Waals surface area contributed by atoms with Crippen LogP contribution in [0.5, 0.6) is 23.0 Å². The summed E-state index contributed by atoms with van der Waals surface area (Å²) >= 11 is 12.6. The molecule has 1 atom stereocenters.